The van der Waals surface area contributed by atoms with E-state index >= 15 is 0 Å². The minimum atomic E-state index is -0.733. The molecule has 1 unspecified atom stereocenters. The quantitative estimate of drug-likeness (QED) is 0.702. The molecule has 3 atom stereocenters. The number of nitrogens with zero attached hydrogens (tertiary/aromatic N) is 1. The Balaban J connectivity index is 2.52. The lowest BCUT2D eigenvalue weighted by Crippen LogP contribution is -2.53. The van der Waals surface area contributed by atoms with Crippen molar-refractivity contribution >= 4 is 5.97 Å². The summed E-state index contributed by atoms with van der Waals surface area (Å²) in [6.45, 7) is 5.02. The van der Waals surface area contributed by atoms with Gasteiger partial charge in [-0.1, -0.05) is 0 Å². The van der Waals surface area contributed by atoms with Crippen LogP contribution >= 0.6 is 0 Å². The summed E-state index contributed by atoms with van der Waals surface area (Å²) in [5.74, 6) is -0.733. The maximum absolute atomic E-state index is 10.6. The minimum Gasteiger partial charge on any atom is -0.481 e. The fourth-order valence-corrected chi connectivity index (χ4v) is 2.19. The van der Waals surface area contributed by atoms with Crippen LogP contribution in [-0.2, 0) is 4.79 Å². The van der Waals surface area contributed by atoms with Gasteiger partial charge in [0.2, 0.25) is 0 Å². The maximum atomic E-state index is 10.6. The zero-order valence-electron chi connectivity index (χ0n) is 8.94. The van der Waals surface area contributed by atoms with Gasteiger partial charge in [0.25, 0.3) is 0 Å². The van der Waals surface area contributed by atoms with Crippen molar-refractivity contribution in [2.24, 2.45) is 5.73 Å². The van der Waals surface area contributed by atoms with Crippen LogP contribution in [0.25, 0.3) is 0 Å². The van der Waals surface area contributed by atoms with Gasteiger partial charge in [0, 0.05) is 18.1 Å². The Hall–Kier alpha value is -0.610. The molecule has 1 rings (SSSR count). The van der Waals surface area contributed by atoms with Crippen molar-refractivity contribution in [1.29, 1.82) is 0 Å². The van der Waals surface area contributed by atoms with Crippen LogP contribution in [0.3, 0.4) is 0 Å². The molecule has 3 N–H and O–H groups in total. The zero-order valence-corrected chi connectivity index (χ0v) is 8.94. The van der Waals surface area contributed by atoms with Crippen LogP contribution in [0.15, 0.2) is 0 Å². The van der Waals surface area contributed by atoms with Gasteiger partial charge in [-0.3, -0.25) is 9.69 Å². The van der Waals surface area contributed by atoms with Crippen molar-refractivity contribution in [2.45, 2.75) is 51.2 Å². The largest absolute Gasteiger partial charge is 0.481 e. The van der Waals surface area contributed by atoms with Crippen molar-refractivity contribution in [3.63, 3.8) is 0 Å². The highest BCUT2D eigenvalue weighted by Crippen LogP contribution is 2.19. The molecule has 1 fully saturated rings. The van der Waals surface area contributed by atoms with Gasteiger partial charge in [-0.25, -0.2) is 0 Å². The third kappa shape index (κ3) is 2.69. The number of hydrogen-bond donors (Lipinski definition) is 2. The molecule has 14 heavy (non-hydrogen) atoms. The number of aliphatic carboxylic acids is 1. The van der Waals surface area contributed by atoms with Crippen LogP contribution in [0, 0.1) is 0 Å². The Morgan fingerprint density at radius 3 is 2.93 bits per heavy atom. The zero-order chi connectivity index (χ0) is 10.7. The maximum Gasteiger partial charge on any atom is 0.304 e. The summed E-state index contributed by atoms with van der Waals surface area (Å²) < 4.78 is 0. The van der Waals surface area contributed by atoms with E-state index in [9.17, 15) is 4.79 Å². The number of nitrogens with two attached hydrogens (primary N) is 1. The molecular weight excluding hydrogens is 180 g/mol. The predicted molar refractivity (Wildman–Crippen MR) is 55.1 cm³/mol. The van der Waals surface area contributed by atoms with E-state index in [0.29, 0.717) is 6.04 Å². The van der Waals surface area contributed by atoms with Gasteiger partial charge in [-0.05, 0) is 33.2 Å². The number of hydrogen-bond acceptors (Lipinski definition) is 3. The van der Waals surface area contributed by atoms with Crippen molar-refractivity contribution in [3.8, 4) is 0 Å². The normalized spacial score (nSPS) is 31.4. The lowest BCUT2D eigenvalue weighted by atomic mass is 9.96. The summed E-state index contributed by atoms with van der Waals surface area (Å²) >= 11 is 0. The fourth-order valence-electron chi connectivity index (χ4n) is 2.19. The molecule has 0 saturated carbocycles. The molecule has 4 heteroatoms. The Bertz CT molecular complexity index is 208. The highest BCUT2D eigenvalue weighted by molar-refractivity contribution is 5.67. The van der Waals surface area contributed by atoms with Crippen LogP contribution in [0.5, 0.6) is 0 Å². The number of rotatable bonds is 3. The number of likely N-dealkylation sites (tertiary alicyclic amines) is 1. The fraction of sp³-hybridized carbons (Fsp3) is 0.900. The van der Waals surface area contributed by atoms with E-state index in [-0.39, 0.29) is 18.5 Å². The highest BCUT2D eigenvalue weighted by atomic mass is 16.4. The molecule has 1 saturated heterocycles. The van der Waals surface area contributed by atoms with Gasteiger partial charge in [-0.2, -0.15) is 0 Å². The second-order valence-electron chi connectivity index (χ2n) is 4.23. The molecule has 1 aliphatic rings. The summed E-state index contributed by atoms with van der Waals surface area (Å²) in [5.41, 5.74) is 5.95. The van der Waals surface area contributed by atoms with Gasteiger partial charge in [0.1, 0.15) is 0 Å². The van der Waals surface area contributed by atoms with Gasteiger partial charge in [0.05, 0.1) is 6.42 Å². The second-order valence-corrected chi connectivity index (χ2v) is 4.23. The molecular formula is C10H20N2O2. The molecule has 0 spiro atoms. The predicted octanol–water partition coefficient (Wildman–Crippen LogP) is 0.661. The molecule has 0 bridgehead atoms. The molecule has 0 aromatic heterocycles. The number of carboxylic acids is 1. The van der Waals surface area contributed by atoms with E-state index in [0.717, 1.165) is 19.4 Å². The third-order valence-corrected chi connectivity index (χ3v) is 3.13. The number of piperidine rings is 1. The molecule has 1 aliphatic heterocycles. The SMILES string of the molecule is CC(CC(=O)O)N1CCC[C@@H](N)[C@H]1C. The molecule has 4 nitrogen and oxygen atoms in total. The second kappa shape index (κ2) is 4.75. The van der Waals surface area contributed by atoms with Crippen LogP contribution in [0.2, 0.25) is 0 Å². The first-order valence-corrected chi connectivity index (χ1v) is 5.25. The Kier molecular flexibility index (Phi) is 3.89. The van der Waals surface area contributed by atoms with E-state index in [1.165, 1.54) is 0 Å². The summed E-state index contributed by atoms with van der Waals surface area (Å²) in [6.07, 6.45) is 2.34. The summed E-state index contributed by atoms with van der Waals surface area (Å²) in [4.78, 5) is 12.8. The molecule has 1 heterocycles. The first-order valence-electron chi connectivity index (χ1n) is 5.25. The first-order chi connectivity index (χ1) is 6.52. The van der Waals surface area contributed by atoms with Crippen molar-refractivity contribution in [3.05, 3.63) is 0 Å². The minimum absolute atomic E-state index is 0.0915. The Morgan fingerprint density at radius 1 is 1.71 bits per heavy atom. The third-order valence-electron chi connectivity index (χ3n) is 3.13. The van der Waals surface area contributed by atoms with Crippen LogP contribution in [0.4, 0.5) is 0 Å². The molecule has 0 aromatic carbocycles. The van der Waals surface area contributed by atoms with Crippen LogP contribution in [0.1, 0.15) is 33.1 Å². The Morgan fingerprint density at radius 2 is 2.36 bits per heavy atom. The van der Waals surface area contributed by atoms with E-state index in [2.05, 4.69) is 11.8 Å². The van der Waals surface area contributed by atoms with Crippen LogP contribution in [-0.4, -0.2) is 40.6 Å². The Labute approximate surface area is 85.1 Å². The van der Waals surface area contributed by atoms with E-state index in [1.54, 1.807) is 0 Å². The first kappa shape index (κ1) is 11.5. The van der Waals surface area contributed by atoms with Gasteiger partial charge < -0.3 is 10.8 Å². The smallest absolute Gasteiger partial charge is 0.304 e. The lowest BCUT2D eigenvalue weighted by molar-refractivity contribution is -0.138. The molecule has 0 aromatic rings. The number of carbonyl (C=O) groups is 1. The topological polar surface area (TPSA) is 66.6 Å². The van der Waals surface area contributed by atoms with Crippen LogP contribution < -0.4 is 5.73 Å². The van der Waals surface area contributed by atoms with Crippen molar-refractivity contribution in [1.82, 2.24) is 4.90 Å². The summed E-state index contributed by atoms with van der Waals surface area (Å²) in [7, 11) is 0. The molecule has 0 radical (unpaired) electrons. The van der Waals surface area contributed by atoms with Crippen molar-refractivity contribution < 1.29 is 9.90 Å². The van der Waals surface area contributed by atoms with E-state index in [1.807, 2.05) is 6.92 Å². The van der Waals surface area contributed by atoms with Gasteiger partial charge >= 0.3 is 5.97 Å². The van der Waals surface area contributed by atoms with E-state index < -0.39 is 5.97 Å². The van der Waals surface area contributed by atoms with Crippen molar-refractivity contribution in [2.75, 3.05) is 6.54 Å². The lowest BCUT2D eigenvalue weighted by Gasteiger charge is -2.41. The molecule has 82 valence electrons. The summed E-state index contributed by atoms with van der Waals surface area (Å²) in [6, 6.07) is 0.590. The average Bonchev–Trinajstić information content (AvgIpc) is 2.08. The average molecular weight is 200 g/mol. The molecule has 0 aliphatic carbocycles. The van der Waals surface area contributed by atoms with Gasteiger partial charge in [-0.15, -0.1) is 0 Å². The summed E-state index contributed by atoms with van der Waals surface area (Å²) in [5, 5.41) is 8.71. The number of carboxylic acid groups (broad SMARTS) is 1. The van der Waals surface area contributed by atoms with E-state index in [4.69, 9.17) is 10.8 Å². The highest BCUT2D eigenvalue weighted by Gasteiger charge is 2.29. The van der Waals surface area contributed by atoms with Gasteiger partial charge in [0.15, 0.2) is 0 Å². The standard InChI is InChI=1S/C10H20N2O2/c1-7(6-10(13)14)12-5-3-4-9(11)8(12)2/h7-9H,3-6,11H2,1-2H3,(H,13,14)/t7?,8-,9-/m1/s1. The monoisotopic (exact) mass is 200 g/mol. The molecule has 0 amide bonds.